The summed E-state index contributed by atoms with van der Waals surface area (Å²) in [6.07, 6.45) is 3.13. The smallest absolute Gasteiger partial charge is 0.341 e. The molecule has 0 radical (unpaired) electrons. The second-order valence-corrected chi connectivity index (χ2v) is 8.05. The Kier molecular flexibility index (Phi) is 7.84. The normalized spacial score (nSPS) is 10.9. The van der Waals surface area contributed by atoms with Gasteiger partial charge in [0.1, 0.15) is 16.3 Å². The number of hydrogen-bond acceptors (Lipinski definition) is 5. The minimum absolute atomic E-state index is 0.253. The minimum atomic E-state index is -0.456. The fourth-order valence-corrected chi connectivity index (χ4v) is 4.16. The van der Waals surface area contributed by atoms with Gasteiger partial charge in [-0.25, -0.2) is 4.79 Å². The molecule has 5 nitrogen and oxygen atoms in total. The number of nitrogens with one attached hydrogen (secondary N) is 1. The van der Waals surface area contributed by atoms with E-state index < -0.39 is 5.97 Å². The molecule has 0 spiro atoms. The van der Waals surface area contributed by atoms with E-state index in [0.717, 1.165) is 22.3 Å². The molecule has 32 heavy (non-hydrogen) atoms. The number of anilines is 1. The third-order valence-corrected chi connectivity index (χ3v) is 5.85. The molecular formula is C26H27NO4S. The number of thiophene rings is 1. The van der Waals surface area contributed by atoms with Gasteiger partial charge in [0, 0.05) is 22.6 Å². The summed E-state index contributed by atoms with van der Waals surface area (Å²) in [6.45, 7) is 8.53. The first-order chi connectivity index (χ1) is 15.4. The van der Waals surface area contributed by atoms with E-state index in [9.17, 15) is 9.59 Å². The molecule has 0 atom stereocenters. The monoisotopic (exact) mass is 449 g/mol. The maximum absolute atomic E-state index is 12.7. The molecule has 1 N–H and O–H groups in total. The number of esters is 1. The first-order valence-electron chi connectivity index (χ1n) is 10.5. The van der Waals surface area contributed by atoms with Crippen molar-refractivity contribution in [2.45, 2.75) is 27.7 Å². The summed E-state index contributed by atoms with van der Waals surface area (Å²) >= 11 is 1.31. The molecule has 1 amide bonds. The predicted molar refractivity (Wildman–Crippen MR) is 130 cm³/mol. The van der Waals surface area contributed by atoms with E-state index in [0.29, 0.717) is 22.9 Å². The van der Waals surface area contributed by atoms with E-state index in [-0.39, 0.29) is 12.5 Å². The van der Waals surface area contributed by atoms with Gasteiger partial charge in [-0.15, -0.1) is 11.3 Å². The molecule has 0 aliphatic carbocycles. The lowest BCUT2D eigenvalue weighted by atomic mass is 9.99. The van der Waals surface area contributed by atoms with Crippen LogP contribution in [0.1, 0.15) is 40.9 Å². The Morgan fingerprint density at radius 1 is 1.03 bits per heavy atom. The summed E-state index contributed by atoms with van der Waals surface area (Å²) in [7, 11) is 0. The van der Waals surface area contributed by atoms with Gasteiger partial charge in [0.25, 0.3) is 0 Å². The second kappa shape index (κ2) is 10.8. The molecular weight excluding hydrogens is 422 g/mol. The van der Waals surface area contributed by atoms with Gasteiger partial charge in [-0.05, 0) is 56.5 Å². The zero-order valence-electron chi connectivity index (χ0n) is 18.7. The van der Waals surface area contributed by atoms with Crippen LogP contribution >= 0.6 is 11.3 Å². The lowest BCUT2D eigenvalue weighted by Crippen LogP contribution is -2.12. The van der Waals surface area contributed by atoms with E-state index >= 15 is 0 Å². The largest absolute Gasteiger partial charge is 0.493 e. The third-order valence-electron chi connectivity index (χ3n) is 4.96. The van der Waals surface area contributed by atoms with Crippen molar-refractivity contribution in [3.63, 3.8) is 0 Å². The molecule has 0 fully saturated rings. The zero-order chi connectivity index (χ0) is 23.1. The van der Waals surface area contributed by atoms with Gasteiger partial charge in [0.15, 0.2) is 0 Å². The number of ether oxygens (including phenoxy) is 2. The van der Waals surface area contributed by atoms with Crippen LogP contribution in [0.15, 0.2) is 53.9 Å². The molecule has 0 unspecified atom stereocenters. The van der Waals surface area contributed by atoms with Crippen molar-refractivity contribution in [2.75, 3.05) is 18.5 Å². The fourth-order valence-electron chi connectivity index (χ4n) is 3.20. The van der Waals surface area contributed by atoms with Crippen LogP contribution in [0.5, 0.6) is 5.75 Å². The van der Waals surface area contributed by atoms with E-state index in [1.165, 1.54) is 23.0 Å². The standard InChI is InChI=1S/C26H27NO4S/c1-5-30-22-10-8-7-9-19(22)13-14-23(28)27-25-24(26(29)31-6-2)21(16-32-25)20-12-11-17(3)18(4)15-20/h7-16H,5-6H2,1-4H3,(H,27,28). The van der Waals surface area contributed by atoms with Gasteiger partial charge in [-0.3, -0.25) is 4.79 Å². The number of amides is 1. The van der Waals surface area contributed by atoms with Crippen LogP contribution in [0, 0.1) is 13.8 Å². The molecule has 1 heterocycles. The highest BCUT2D eigenvalue weighted by atomic mass is 32.1. The lowest BCUT2D eigenvalue weighted by Gasteiger charge is -2.09. The van der Waals surface area contributed by atoms with Crippen molar-refractivity contribution in [1.82, 2.24) is 0 Å². The van der Waals surface area contributed by atoms with Gasteiger partial charge in [-0.2, -0.15) is 0 Å². The topological polar surface area (TPSA) is 64.6 Å². The third kappa shape index (κ3) is 5.45. The second-order valence-electron chi connectivity index (χ2n) is 7.17. The van der Waals surface area contributed by atoms with Gasteiger partial charge in [0.05, 0.1) is 13.2 Å². The van der Waals surface area contributed by atoms with Crippen molar-refractivity contribution in [3.05, 3.63) is 76.2 Å². The quantitative estimate of drug-likeness (QED) is 0.326. The summed E-state index contributed by atoms with van der Waals surface area (Å²) in [5, 5.41) is 5.18. The molecule has 0 aliphatic heterocycles. The Morgan fingerprint density at radius 3 is 2.53 bits per heavy atom. The number of rotatable bonds is 8. The van der Waals surface area contributed by atoms with Gasteiger partial charge >= 0.3 is 5.97 Å². The van der Waals surface area contributed by atoms with Crippen molar-refractivity contribution in [3.8, 4) is 16.9 Å². The van der Waals surface area contributed by atoms with E-state index in [4.69, 9.17) is 9.47 Å². The minimum Gasteiger partial charge on any atom is -0.493 e. The van der Waals surface area contributed by atoms with E-state index in [1.54, 1.807) is 13.0 Å². The van der Waals surface area contributed by atoms with Crippen molar-refractivity contribution in [2.24, 2.45) is 0 Å². The highest BCUT2D eigenvalue weighted by molar-refractivity contribution is 7.15. The number of para-hydroxylation sites is 1. The number of aryl methyl sites for hydroxylation is 2. The zero-order valence-corrected chi connectivity index (χ0v) is 19.5. The lowest BCUT2D eigenvalue weighted by molar-refractivity contribution is -0.111. The van der Waals surface area contributed by atoms with Gasteiger partial charge in [-0.1, -0.05) is 36.4 Å². The number of carbonyl (C=O) groups is 2. The highest BCUT2D eigenvalue weighted by Gasteiger charge is 2.22. The van der Waals surface area contributed by atoms with Crippen LogP contribution < -0.4 is 10.1 Å². The average Bonchev–Trinajstić information content (AvgIpc) is 3.19. The number of carbonyl (C=O) groups excluding carboxylic acids is 2. The summed E-state index contributed by atoms with van der Waals surface area (Å²) < 4.78 is 10.9. The molecule has 3 rings (SSSR count). The highest BCUT2D eigenvalue weighted by Crippen LogP contribution is 2.37. The number of hydrogen-bond donors (Lipinski definition) is 1. The van der Waals surface area contributed by atoms with Crippen LogP contribution in [0.3, 0.4) is 0 Å². The van der Waals surface area contributed by atoms with Crippen molar-refractivity contribution in [1.29, 1.82) is 0 Å². The molecule has 2 aromatic carbocycles. The molecule has 6 heteroatoms. The Labute approximate surface area is 192 Å². The van der Waals surface area contributed by atoms with Crippen LogP contribution in [0.4, 0.5) is 5.00 Å². The van der Waals surface area contributed by atoms with Crippen LogP contribution in [0.25, 0.3) is 17.2 Å². The van der Waals surface area contributed by atoms with E-state index in [1.807, 2.05) is 68.6 Å². The van der Waals surface area contributed by atoms with Crippen molar-refractivity contribution < 1.29 is 19.1 Å². The Balaban J connectivity index is 1.89. The summed E-state index contributed by atoms with van der Waals surface area (Å²) in [4.78, 5) is 25.4. The molecule has 0 bridgehead atoms. The molecule has 1 aromatic heterocycles. The van der Waals surface area contributed by atoms with Crippen LogP contribution in [-0.4, -0.2) is 25.1 Å². The Bertz CT molecular complexity index is 1150. The SMILES string of the molecule is CCOC(=O)c1c(-c2ccc(C)c(C)c2)csc1NC(=O)C=Cc1ccccc1OCC. The molecule has 0 saturated carbocycles. The molecule has 0 saturated heterocycles. The Hall–Kier alpha value is -3.38. The first kappa shape index (κ1) is 23.3. The number of benzene rings is 2. The average molecular weight is 450 g/mol. The van der Waals surface area contributed by atoms with Crippen LogP contribution in [0.2, 0.25) is 0 Å². The molecule has 0 aliphatic rings. The maximum Gasteiger partial charge on any atom is 0.341 e. The molecule has 166 valence electrons. The first-order valence-corrected chi connectivity index (χ1v) is 11.4. The summed E-state index contributed by atoms with van der Waals surface area (Å²) in [5.74, 6) is -0.0855. The predicted octanol–water partition coefficient (Wildman–Crippen LogP) is 6.26. The van der Waals surface area contributed by atoms with Crippen LogP contribution in [-0.2, 0) is 9.53 Å². The van der Waals surface area contributed by atoms with Gasteiger partial charge < -0.3 is 14.8 Å². The summed E-state index contributed by atoms with van der Waals surface area (Å²) in [6, 6.07) is 13.5. The van der Waals surface area contributed by atoms with Gasteiger partial charge in [0.2, 0.25) is 5.91 Å². The fraction of sp³-hybridized carbons (Fsp3) is 0.231. The van der Waals surface area contributed by atoms with Crippen molar-refractivity contribution >= 4 is 34.3 Å². The molecule has 3 aromatic rings. The maximum atomic E-state index is 12.7. The summed E-state index contributed by atoms with van der Waals surface area (Å²) in [5.41, 5.74) is 5.14. The van der Waals surface area contributed by atoms with E-state index in [2.05, 4.69) is 5.32 Å². The Morgan fingerprint density at radius 2 is 1.81 bits per heavy atom.